The summed E-state index contributed by atoms with van der Waals surface area (Å²) in [6.45, 7) is 0.766. The van der Waals surface area contributed by atoms with Crippen molar-refractivity contribution in [2.75, 3.05) is 29.0 Å². The lowest BCUT2D eigenvalue weighted by Crippen LogP contribution is -2.28. The van der Waals surface area contributed by atoms with E-state index >= 15 is 0 Å². The van der Waals surface area contributed by atoms with Gasteiger partial charge in [-0.25, -0.2) is 18.1 Å². The highest BCUT2D eigenvalue weighted by molar-refractivity contribution is 7.89. The van der Waals surface area contributed by atoms with Gasteiger partial charge in [-0.3, -0.25) is 4.79 Å². The zero-order chi connectivity index (χ0) is 28.6. The van der Waals surface area contributed by atoms with E-state index in [2.05, 4.69) is 30.6 Å². The van der Waals surface area contributed by atoms with Gasteiger partial charge in [-0.05, 0) is 66.8 Å². The maximum absolute atomic E-state index is 13.3. The first kappa shape index (κ1) is 27.5. The van der Waals surface area contributed by atoms with E-state index in [1.54, 1.807) is 36.5 Å². The van der Waals surface area contributed by atoms with E-state index in [4.69, 9.17) is 23.2 Å². The van der Waals surface area contributed by atoms with Crippen LogP contribution in [0.25, 0.3) is 11.1 Å². The molecule has 1 aromatic heterocycles. The molecule has 4 N–H and O–H groups in total. The van der Waals surface area contributed by atoms with Crippen molar-refractivity contribution in [1.82, 2.24) is 14.7 Å². The van der Waals surface area contributed by atoms with Gasteiger partial charge in [0.1, 0.15) is 5.82 Å². The molecule has 2 aliphatic rings. The average Bonchev–Trinajstić information content (AvgIpc) is 3.77. The van der Waals surface area contributed by atoms with E-state index in [0.29, 0.717) is 59.0 Å². The number of nitrogens with one attached hydrogen (secondary N) is 4. The number of hydrogen-bond acceptors (Lipinski definition) is 7. The van der Waals surface area contributed by atoms with E-state index in [0.717, 1.165) is 16.7 Å². The quantitative estimate of drug-likeness (QED) is 0.225. The van der Waals surface area contributed by atoms with Gasteiger partial charge in [-0.2, -0.15) is 4.98 Å². The summed E-state index contributed by atoms with van der Waals surface area (Å²) in [5, 5.41) is 10.3. The first-order valence-electron chi connectivity index (χ1n) is 13.1. The van der Waals surface area contributed by atoms with Crippen molar-refractivity contribution in [2.24, 2.45) is 0 Å². The minimum absolute atomic E-state index is 0.118. The number of aromatic nitrogens is 2. The van der Waals surface area contributed by atoms with Gasteiger partial charge in [-0.1, -0.05) is 53.5 Å². The summed E-state index contributed by atoms with van der Waals surface area (Å²) in [6, 6.07) is 19.3. The summed E-state index contributed by atoms with van der Waals surface area (Å²) in [7, 11) is -3.63. The molecular formula is C29H26Cl2N6O3S. The predicted octanol–water partition coefficient (Wildman–Crippen LogP) is 5.96. The Bertz CT molecular complexity index is 1740. The van der Waals surface area contributed by atoms with Gasteiger partial charge >= 0.3 is 0 Å². The molecule has 2 heterocycles. The summed E-state index contributed by atoms with van der Waals surface area (Å²) in [5.74, 6) is 0.814. The lowest BCUT2D eigenvalue weighted by atomic mass is 9.94. The van der Waals surface area contributed by atoms with Gasteiger partial charge in [0.25, 0.3) is 0 Å². The number of hydrogen-bond donors (Lipinski definition) is 4. The van der Waals surface area contributed by atoms with Crippen molar-refractivity contribution in [3.63, 3.8) is 0 Å². The second-order valence-corrected chi connectivity index (χ2v) is 12.6. The number of halogens is 2. The SMILES string of the molecule is O=C(Nc1ccc(-c2cnc3nc2NCCCNS(=O)(=O)c2cccc(c2)N3)cc1)C1(c2cccc(Cl)c2Cl)CC1. The number of benzene rings is 3. The summed E-state index contributed by atoms with van der Waals surface area (Å²) >= 11 is 12.6. The molecule has 9 nitrogen and oxygen atoms in total. The molecule has 0 unspecified atom stereocenters. The van der Waals surface area contributed by atoms with E-state index in [-0.39, 0.29) is 17.3 Å². The summed E-state index contributed by atoms with van der Waals surface area (Å²) in [4.78, 5) is 22.6. The normalized spacial score (nSPS) is 17.0. The van der Waals surface area contributed by atoms with Gasteiger partial charge in [0.05, 0.1) is 20.4 Å². The molecule has 0 atom stereocenters. The molecule has 1 aliphatic heterocycles. The van der Waals surface area contributed by atoms with E-state index < -0.39 is 15.4 Å². The number of sulfonamides is 1. The van der Waals surface area contributed by atoms with Crippen LogP contribution in [0.2, 0.25) is 10.0 Å². The van der Waals surface area contributed by atoms with Crippen LogP contribution in [0, 0.1) is 0 Å². The Kier molecular flexibility index (Phi) is 7.33. The number of rotatable bonds is 4. The van der Waals surface area contributed by atoms with Gasteiger partial charge in [0.2, 0.25) is 21.9 Å². The number of anilines is 4. The van der Waals surface area contributed by atoms with Crippen molar-refractivity contribution < 1.29 is 13.2 Å². The maximum Gasteiger partial charge on any atom is 0.240 e. The molecule has 6 rings (SSSR count). The van der Waals surface area contributed by atoms with Gasteiger partial charge in [0, 0.05) is 36.2 Å². The molecule has 1 saturated carbocycles. The van der Waals surface area contributed by atoms with Crippen molar-refractivity contribution >= 4 is 62.3 Å². The molecule has 0 spiro atoms. The number of nitrogens with zero attached hydrogens (tertiary/aromatic N) is 2. The van der Waals surface area contributed by atoms with Crippen LogP contribution in [0.15, 0.2) is 77.8 Å². The highest BCUT2D eigenvalue weighted by Gasteiger charge is 2.52. The molecular weight excluding hydrogens is 583 g/mol. The average molecular weight is 610 g/mol. The Morgan fingerprint density at radius 1 is 0.976 bits per heavy atom. The van der Waals surface area contributed by atoms with E-state index in [9.17, 15) is 13.2 Å². The van der Waals surface area contributed by atoms with Crippen LogP contribution in [-0.4, -0.2) is 37.4 Å². The van der Waals surface area contributed by atoms with Gasteiger partial charge in [0.15, 0.2) is 0 Å². The second-order valence-electron chi connectivity index (χ2n) is 10.0. The Balaban J connectivity index is 1.23. The monoisotopic (exact) mass is 608 g/mol. The lowest BCUT2D eigenvalue weighted by molar-refractivity contribution is -0.118. The molecule has 3 aromatic carbocycles. The molecule has 0 saturated heterocycles. The zero-order valence-corrected chi connectivity index (χ0v) is 24.1. The first-order chi connectivity index (χ1) is 19.7. The maximum atomic E-state index is 13.3. The second kappa shape index (κ2) is 10.9. The number of amides is 1. The van der Waals surface area contributed by atoms with E-state index in [1.807, 2.05) is 36.4 Å². The van der Waals surface area contributed by atoms with Crippen molar-refractivity contribution in [2.45, 2.75) is 29.6 Å². The fourth-order valence-electron chi connectivity index (χ4n) is 4.84. The highest BCUT2D eigenvalue weighted by atomic mass is 35.5. The molecule has 4 aromatic rings. The van der Waals surface area contributed by atoms with Crippen LogP contribution in [0.1, 0.15) is 24.8 Å². The molecule has 210 valence electrons. The first-order valence-corrected chi connectivity index (χ1v) is 15.3. The third kappa shape index (κ3) is 5.60. The largest absolute Gasteiger partial charge is 0.369 e. The molecule has 41 heavy (non-hydrogen) atoms. The van der Waals surface area contributed by atoms with Crippen LogP contribution in [0.4, 0.5) is 23.1 Å². The fourth-order valence-corrected chi connectivity index (χ4v) is 6.45. The number of fused-ring (bicyclic) bond motifs is 4. The minimum atomic E-state index is -3.63. The molecule has 12 heteroatoms. The Labute approximate surface area is 247 Å². The third-order valence-electron chi connectivity index (χ3n) is 7.23. The summed E-state index contributed by atoms with van der Waals surface area (Å²) in [5.41, 5.74) is 2.90. The number of carbonyl (C=O) groups is 1. The van der Waals surface area contributed by atoms with Crippen LogP contribution in [-0.2, 0) is 20.2 Å². The summed E-state index contributed by atoms with van der Waals surface area (Å²) < 4.78 is 27.9. The van der Waals surface area contributed by atoms with Crippen molar-refractivity contribution in [3.8, 4) is 11.1 Å². The molecule has 0 radical (unpaired) electrons. The molecule has 4 bridgehead atoms. The number of carbonyl (C=O) groups excluding carboxylic acids is 1. The zero-order valence-electron chi connectivity index (χ0n) is 21.7. The van der Waals surface area contributed by atoms with Crippen molar-refractivity contribution in [1.29, 1.82) is 0 Å². The predicted molar refractivity (Wildman–Crippen MR) is 161 cm³/mol. The van der Waals surface area contributed by atoms with E-state index in [1.165, 1.54) is 0 Å². The Morgan fingerprint density at radius 2 is 1.76 bits per heavy atom. The Hall–Kier alpha value is -3.70. The standard InChI is InChI=1S/C29H26Cl2N6O3S/c30-24-7-2-6-23(25(24)31)29(12-13-29)27(38)35-19-10-8-18(9-11-19)22-17-33-28-36-20-4-1-5-21(16-20)41(39,40)34-15-3-14-32-26(22)37-28/h1-2,4-11,16-17,34H,3,12-15H2,(H,35,38)(H2,32,33,36,37). The van der Waals surface area contributed by atoms with Crippen molar-refractivity contribution in [3.05, 3.63) is 88.5 Å². The van der Waals surface area contributed by atoms with Crippen LogP contribution in [0.3, 0.4) is 0 Å². The van der Waals surface area contributed by atoms with Crippen LogP contribution >= 0.6 is 23.2 Å². The van der Waals surface area contributed by atoms with Gasteiger partial charge < -0.3 is 16.0 Å². The fraction of sp³-hybridized carbons (Fsp3) is 0.207. The smallest absolute Gasteiger partial charge is 0.240 e. The lowest BCUT2D eigenvalue weighted by Gasteiger charge is -2.18. The molecule has 1 aliphatic carbocycles. The van der Waals surface area contributed by atoms with Crippen LogP contribution < -0.4 is 20.7 Å². The van der Waals surface area contributed by atoms with Crippen LogP contribution in [0.5, 0.6) is 0 Å². The third-order valence-corrected chi connectivity index (χ3v) is 9.51. The topological polar surface area (TPSA) is 125 Å². The summed E-state index contributed by atoms with van der Waals surface area (Å²) in [6.07, 6.45) is 3.67. The molecule has 1 fully saturated rings. The van der Waals surface area contributed by atoms with Gasteiger partial charge in [-0.15, -0.1) is 0 Å². The molecule has 1 amide bonds. The highest BCUT2D eigenvalue weighted by Crippen LogP contribution is 2.52. The Morgan fingerprint density at radius 3 is 2.54 bits per heavy atom. The minimum Gasteiger partial charge on any atom is -0.369 e.